The van der Waals surface area contributed by atoms with Crippen molar-refractivity contribution in [2.75, 3.05) is 26.2 Å². The van der Waals surface area contributed by atoms with Crippen LogP contribution in [0.4, 0.5) is 0 Å². The van der Waals surface area contributed by atoms with Gasteiger partial charge in [0.1, 0.15) is 0 Å². The zero-order valence-corrected chi connectivity index (χ0v) is 10.3. The molecule has 0 spiro atoms. The van der Waals surface area contributed by atoms with Crippen molar-refractivity contribution in [1.29, 1.82) is 0 Å². The van der Waals surface area contributed by atoms with E-state index in [2.05, 4.69) is 36.2 Å². The Hall–Kier alpha value is -0.340. The third kappa shape index (κ3) is 5.33. The van der Waals surface area contributed by atoms with Crippen LogP contribution in [0.5, 0.6) is 0 Å². The lowest BCUT2D eigenvalue weighted by Crippen LogP contribution is -2.42. The molecule has 1 rings (SSSR count). The van der Waals surface area contributed by atoms with Gasteiger partial charge in [-0.25, -0.2) is 0 Å². The molecule has 1 saturated heterocycles. The second-order valence-electron chi connectivity index (χ2n) is 4.43. The zero-order chi connectivity index (χ0) is 10.9. The van der Waals surface area contributed by atoms with Crippen molar-refractivity contribution < 1.29 is 0 Å². The molecule has 1 fully saturated rings. The summed E-state index contributed by atoms with van der Waals surface area (Å²) in [6.45, 7) is 9.31. The average Bonchev–Trinajstić information content (AvgIpc) is 2.28. The molecule has 0 atom stereocenters. The molecule has 1 heterocycles. The summed E-state index contributed by atoms with van der Waals surface area (Å²) in [7, 11) is 0. The Labute approximate surface area is 94.7 Å². The van der Waals surface area contributed by atoms with Crippen LogP contribution in [0.15, 0.2) is 12.2 Å². The maximum Gasteiger partial charge on any atom is 0.00914 e. The van der Waals surface area contributed by atoms with Crippen LogP contribution in [-0.4, -0.2) is 37.1 Å². The Kier molecular flexibility index (Phi) is 6.69. The molecule has 2 heteroatoms. The average molecular weight is 210 g/mol. The highest BCUT2D eigenvalue weighted by molar-refractivity contribution is 4.81. The van der Waals surface area contributed by atoms with Gasteiger partial charge in [0.05, 0.1) is 0 Å². The van der Waals surface area contributed by atoms with E-state index in [4.69, 9.17) is 0 Å². The molecule has 1 N–H and O–H groups in total. The van der Waals surface area contributed by atoms with E-state index in [-0.39, 0.29) is 0 Å². The lowest BCUT2D eigenvalue weighted by molar-refractivity contribution is 0.201. The molecule has 1 aliphatic heterocycles. The topological polar surface area (TPSA) is 15.3 Å². The third-order valence-corrected chi connectivity index (χ3v) is 3.12. The first-order valence-corrected chi connectivity index (χ1v) is 6.43. The predicted molar refractivity (Wildman–Crippen MR) is 67.2 cm³/mol. The largest absolute Gasteiger partial charge is 0.314 e. The Morgan fingerprint density at radius 2 is 2.07 bits per heavy atom. The van der Waals surface area contributed by atoms with Gasteiger partial charge in [-0.3, -0.25) is 0 Å². The quantitative estimate of drug-likeness (QED) is 0.677. The standard InChI is InChI=1S/C13H26N2/c1-3-5-6-10-15-11-7-13(8-12-15)14-9-4-2/h3,5,13-14H,4,6-12H2,1-2H3/b5-3+. The monoisotopic (exact) mass is 210 g/mol. The molecule has 88 valence electrons. The molecule has 1 aliphatic rings. The summed E-state index contributed by atoms with van der Waals surface area (Å²) in [5.74, 6) is 0. The molecule has 0 saturated carbocycles. The summed E-state index contributed by atoms with van der Waals surface area (Å²) < 4.78 is 0. The normalized spacial score (nSPS) is 20.1. The Morgan fingerprint density at radius 1 is 1.33 bits per heavy atom. The molecule has 0 aromatic carbocycles. The van der Waals surface area contributed by atoms with Crippen molar-refractivity contribution >= 4 is 0 Å². The first-order valence-electron chi connectivity index (χ1n) is 6.43. The van der Waals surface area contributed by atoms with E-state index >= 15 is 0 Å². The van der Waals surface area contributed by atoms with E-state index in [0.29, 0.717) is 0 Å². The van der Waals surface area contributed by atoms with Crippen molar-refractivity contribution in [3.63, 3.8) is 0 Å². The molecule has 15 heavy (non-hydrogen) atoms. The van der Waals surface area contributed by atoms with Gasteiger partial charge in [-0.05, 0) is 52.2 Å². The SMILES string of the molecule is C/C=C/CCN1CCC(NCCC)CC1. The van der Waals surface area contributed by atoms with Gasteiger partial charge in [0.25, 0.3) is 0 Å². The van der Waals surface area contributed by atoms with Gasteiger partial charge in [0.2, 0.25) is 0 Å². The van der Waals surface area contributed by atoms with Crippen LogP contribution in [0.2, 0.25) is 0 Å². The molecule has 0 bridgehead atoms. The number of nitrogens with one attached hydrogen (secondary N) is 1. The Bertz CT molecular complexity index is 169. The number of likely N-dealkylation sites (tertiary alicyclic amines) is 1. The first kappa shape index (κ1) is 12.7. The summed E-state index contributed by atoms with van der Waals surface area (Å²) >= 11 is 0. The number of piperidine rings is 1. The molecule has 0 aromatic heterocycles. The zero-order valence-electron chi connectivity index (χ0n) is 10.3. The summed E-state index contributed by atoms with van der Waals surface area (Å²) in [5.41, 5.74) is 0. The first-order chi connectivity index (χ1) is 7.36. The fraction of sp³-hybridized carbons (Fsp3) is 0.846. The van der Waals surface area contributed by atoms with Crippen LogP contribution in [-0.2, 0) is 0 Å². The van der Waals surface area contributed by atoms with Crippen LogP contribution in [0, 0.1) is 0 Å². The van der Waals surface area contributed by atoms with Gasteiger partial charge in [-0.1, -0.05) is 19.1 Å². The highest BCUT2D eigenvalue weighted by Gasteiger charge is 2.17. The van der Waals surface area contributed by atoms with Crippen LogP contribution in [0.3, 0.4) is 0 Å². The Balaban J connectivity index is 2.07. The van der Waals surface area contributed by atoms with Crippen molar-refractivity contribution in [1.82, 2.24) is 10.2 Å². The van der Waals surface area contributed by atoms with Gasteiger partial charge in [0, 0.05) is 12.6 Å². The minimum Gasteiger partial charge on any atom is -0.314 e. The molecule has 0 unspecified atom stereocenters. The third-order valence-electron chi connectivity index (χ3n) is 3.12. The lowest BCUT2D eigenvalue weighted by atomic mass is 10.0. The van der Waals surface area contributed by atoms with Crippen molar-refractivity contribution in [2.45, 2.75) is 45.6 Å². The fourth-order valence-corrected chi connectivity index (χ4v) is 2.13. The summed E-state index contributed by atoms with van der Waals surface area (Å²) in [4.78, 5) is 2.59. The van der Waals surface area contributed by atoms with Gasteiger partial charge < -0.3 is 10.2 Å². The van der Waals surface area contributed by atoms with E-state index < -0.39 is 0 Å². The summed E-state index contributed by atoms with van der Waals surface area (Å²) in [6, 6.07) is 0.780. The van der Waals surface area contributed by atoms with Gasteiger partial charge in [-0.2, -0.15) is 0 Å². The maximum absolute atomic E-state index is 3.62. The molecule has 0 radical (unpaired) electrons. The number of rotatable bonds is 6. The van der Waals surface area contributed by atoms with E-state index in [9.17, 15) is 0 Å². The highest BCUT2D eigenvalue weighted by Crippen LogP contribution is 2.10. The molecular formula is C13H26N2. The van der Waals surface area contributed by atoms with Crippen LogP contribution in [0.25, 0.3) is 0 Å². The summed E-state index contributed by atoms with van der Waals surface area (Å²) in [5, 5.41) is 3.62. The van der Waals surface area contributed by atoms with E-state index in [0.717, 1.165) is 6.04 Å². The van der Waals surface area contributed by atoms with Crippen LogP contribution >= 0.6 is 0 Å². The minimum atomic E-state index is 0.780. The smallest absolute Gasteiger partial charge is 0.00914 e. The lowest BCUT2D eigenvalue weighted by Gasteiger charge is -2.32. The molecule has 0 aromatic rings. The maximum atomic E-state index is 3.62. The number of hydrogen-bond donors (Lipinski definition) is 1. The number of allylic oxidation sites excluding steroid dienone is 1. The highest BCUT2D eigenvalue weighted by atomic mass is 15.1. The van der Waals surface area contributed by atoms with E-state index in [1.54, 1.807) is 0 Å². The van der Waals surface area contributed by atoms with Crippen LogP contribution < -0.4 is 5.32 Å². The fourth-order valence-electron chi connectivity index (χ4n) is 2.13. The van der Waals surface area contributed by atoms with Crippen molar-refractivity contribution in [2.24, 2.45) is 0 Å². The molecule has 0 aliphatic carbocycles. The molecular weight excluding hydrogens is 184 g/mol. The van der Waals surface area contributed by atoms with Crippen molar-refractivity contribution in [3.8, 4) is 0 Å². The van der Waals surface area contributed by atoms with Crippen LogP contribution in [0.1, 0.15) is 39.5 Å². The van der Waals surface area contributed by atoms with Gasteiger partial charge in [-0.15, -0.1) is 0 Å². The van der Waals surface area contributed by atoms with E-state index in [1.165, 1.54) is 51.9 Å². The number of nitrogens with zero attached hydrogens (tertiary/aromatic N) is 1. The van der Waals surface area contributed by atoms with Crippen molar-refractivity contribution in [3.05, 3.63) is 12.2 Å². The minimum absolute atomic E-state index is 0.780. The predicted octanol–water partition coefficient (Wildman–Crippen LogP) is 2.42. The van der Waals surface area contributed by atoms with Gasteiger partial charge in [0.15, 0.2) is 0 Å². The molecule has 2 nitrogen and oxygen atoms in total. The number of hydrogen-bond acceptors (Lipinski definition) is 2. The van der Waals surface area contributed by atoms with Gasteiger partial charge >= 0.3 is 0 Å². The second-order valence-corrected chi connectivity index (χ2v) is 4.43. The Morgan fingerprint density at radius 3 is 2.67 bits per heavy atom. The summed E-state index contributed by atoms with van der Waals surface area (Å²) in [6.07, 6.45) is 9.54. The molecule has 0 amide bonds. The second kappa shape index (κ2) is 7.89. The van der Waals surface area contributed by atoms with E-state index in [1.807, 2.05) is 0 Å².